The van der Waals surface area contributed by atoms with E-state index < -0.39 is 42.5 Å². The maximum absolute atomic E-state index is 14.2. The lowest BCUT2D eigenvalue weighted by Crippen LogP contribution is -2.53. The van der Waals surface area contributed by atoms with Crippen LogP contribution in [-0.4, -0.2) is 65.6 Å². The lowest BCUT2D eigenvalue weighted by Gasteiger charge is -2.30. The van der Waals surface area contributed by atoms with E-state index in [1.807, 2.05) is 44.2 Å². The number of aliphatic hydroxyl groups excluding tert-OH is 1. The molecule has 2 aliphatic rings. The molecule has 154 valence electrons. The predicted octanol–water partition coefficient (Wildman–Crippen LogP) is 1.64. The number of hydrogen-bond donors (Lipinski definition) is 2. The van der Waals surface area contributed by atoms with Crippen LogP contribution in [0.1, 0.15) is 25.8 Å². The highest BCUT2D eigenvalue weighted by molar-refractivity contribution is 5.86. The highest BCUT2D eigenvalue weighted by Gasteiger charge is 2.53. The van der Waals surface area contributed by atoms with E-state index in [4.69, 9.17) is 9.47 Å². The Balaban J connectivity index is 1.64. The zero-order valence-electron chi connectivity index (χ0n) is 16.1. The van der Waals surface area contributed by atoms with Crippen LogP contribution in [0.25, 0.3) is 0 Å². The second-order valence-electron chi connectivity index (χ2n) is 7.75. The largest absolute Gasteiger partial charge is 0.445 e. The van der Waals surface area contributed by atoms with Crippen LogP contribution in [0.5, 0.6) is 0 Å². The van der Waals surface area contributed by atoms with Crippen molar-refractivity contribution >= 4 is 12.0 Å². The molecule has 2 fully saturated rings. The molecule has 2 aliphatic heterocycles. The van der Waals surface area contributed by atoms with Crippen molar-refractivity contribution in [2.75, 3.05) is 13.2 Å². The number of alkyl carbamates (subject to hydrolysis) is 1. The van der Waals surface area contributed by atoms with E-state index in [0.717, 1.165) is 5.56 Å². The third-order valence-electron chi connectivity index (χ3n) is 5.07. The molecule has 2 N–H and O–H groups in total. The second kappa shape index (κ2) is 8.87. The van der Waals surface area contributed by atoms with Crippen molar-refractivity contribution in [2.24, 2.45) is 5.92 Å². The molecule has 7 nitrogen and oxygen atoms in total. The van der Waals surface area contributed by atoms with Gasteiger partial charge in [0, 0.05) is 0 Å². The number of nitrogens with zero attached hydrogens (tertiary/aromatic N) is 1. The summed E-state index contributed by atoms with van der Waals surface area (Å²) in [6.07, 6.45) is -3.43. The number of alkyl halides is 1. The zero-order chi connectivity index (χ0) is 20.3. The maximum atomic E-state index is 14.2. The molecule has 0 aromatic heterocycles. The summed E-state index contributed by atoms with van der Waals surface area (Å²) in [5.74, 6) is -0.308. The van der Waals surface area contributed by atoms with Crippen LogP contribution in [0.15, 0.2) is 30.3 Å². The van der Waals surface area contributed by atoms with E-state index in [0.29, 0.717) is 6.42 Å². The molecule has 5 atom stereocenters. The summed E-state index contributed by atoms with van der Waals surface area (Å²) >= 11 is 0. The number of fused-ring (bicyclic) bond motifs is 1. The third-order valence-corrected chi connectivity index (χ3v) is 5.07. The van der Waals surface area contributed by atoms with E-state index >= 15 is 0 Å². The average Bonchev–Trinajstić information content (AvgIpc) is 3.20. The summed E-state index contributed by atoms with van der Waals surface area (Å²) in [5.41, 5.74) is 0.832. The Kier molecular flexibility index (Phi) is 6.51. The lowest BCUT2D eigenvalue weighted by molar-refractivity contribution is -0.136. The number of carbonyl (C=O) groups excluding carboxylic acids is 2. The molecule has 28 heavy (non-hydrogen) atoms. The Labute approximate surface area is 163 Å². The fourth-order valence-electron chi connectivity index (χ4n) is 3.78. The summed E-state index contributed by atoms with van der Waals surface area (Å²) in [7, 11) is 0. The highest BCUT2D eigenvalue weighted by atomic mass is 19.1. The Hall–Kier alpha value is -2.19. The van der Waals surface area contributed by atoms with E-state index in [1.54, 1.807) is 0 Å². The van der Waals surface area contributed by atoms with Gasteiger partial charge in [0.25, 0.3) is 0 Å². The van der Waals surface area contributed by atoms with Crippen LogP contribution < -0.4 is 5.32 Å². The van der Waals surface area contributed by atoms with Gasteiger partial charge in [0.2, 0.25) is 5.91 Å². The van der Waals surface area contributed by atoms with Crippen molar-refractivity contribution in [3.8, 4) is 0 Å². The zero-order valence-corrected chi connectivity index (χ0v) is 16.1. The van der Waals surface area contributed by atoms with Crippen LogP contribution in [-0.2, 0) is 20.9 Å². The molecule has 0 bridgehead atoms. The fraction of sp³-hybridized carbons (Fsp3) is 0.600. The van der Waals surface area contributed by atoms with Gasteiger partial charge >= 0.3 is 6.09 Å². The molecular formula is C20H27FN2O5. The maximum Gasteiger partial charge on any atom is 0.408 e. The minimum Gasteiger partial charge on any atom is -0.445 e. The summed E-state index contributed by atoms with van der Waals surface area (Å²) < 4.78 is 24.7. The summed E-state index contributed by atoms with van der Waals surface area (Å²) in [6, 6.07) is 7.63. The number of benzene rings is 1. The minimum atomic E-state index is -1.35. The van der Waals surface area contributed by atoms with Gasteiger partial charge in [0.1, 0.15) is 31.0 Å². The number of nitrogens with one attached hydrogen (secondary N) is 1. The predicted molar refractivity (Wildman–Crippen MR) is 99.1 cm³/mol. The van der Waals surface area contributed by atoms with Gasteiger partial charge < -0.3 is 24.8 Å². The minimum absolute atomic E-state index is 0.000919. The average molecular weight is 394 g/mol. The molecule has 0 saturated carbocycles. The monoisotopic (exact) mass is 394 g/mol. The molecule has 8 heteroatoms. The Bertz CT molecular complexity index is 686. The van der Waals surface area contributed by atoms with Gasteiger partial charge in [-0.2, -0.15) is 0 Å². The fourth-order valence-corrected chi connectivity index (χ4v) is 3.78. The lowest BCUT2D eigenvalue weighted by atomic mass is 10.0. The molecule has 2 saturated heterocycles. The molecule has 1 aromatic carbocycles. The number of amides is 2. The van der Waals surface area contributed by atoms with Crippen molar-refractivity contribution < 1.29 is 28.6 Å². The van der Waals surface area contributed by atoms with Crippen molar-refractivity contribution in [3.05, 3.63) is 35.9 Å². The first kappa shape index (κ1) is 20.5. The van der Waals surface area contributed by atoms with Gasteiger partial charge in [-0.05, 0) is 17.9 Å². The van der Waals surface area contributed by atoms with Crippen molar-refractivity contribution in [2.45, 2.75) is 57.3 Å². The molecule has 0 spiro atoms. The van der Waals surface area contributed by atoms with Crippen LogP contribution in [0, 0.1) is 5.92 Å². The Morgan fingerprint density at radius 1 is 1.36 bits per heavy atom. The third kappa shape index (κ3) is 4.62. The normalized spacial score (nSPS) is 27.5. The van der Waals surface area contributed by atoms with Gasteiger partial charge in [0.05, 0.1) is 19.2 Å². The number of halogens is 1. The molecule has 3 rings (SSSR count). The van der Waals surface area contributed by atoms with Gasteiger partial charge in [-0.15, -0.1) is 0 Å². The SMILES string of the molecule is CC(C)CC(NC(=O)OCc1ccccc1)C(=O)N1CC(F)C2OCC(O)C21. The van der Waals surface area contributed by atoms with E-state index in [1.165, 1.54) is 4.90 Å². The van der Waals surface area contributed by atoms with Gasteiger partial charge in [0.15, 0.2) is 0 Å². The Morgan fingerprint density at radius 2 is 2.07 bits per heavy atom. The summed E-state index contributed by atoms with van der Waals surface area (Å²) in [4.78, 5) is 26.6. The molecule has 0 aliphatic carbocycles. The first-order chi connectivity index (χ1) is 13.4. The summed E-state index contributed by atoms with van der Waals surface area (Å²) in [5, 5.41) is 12.7. The van der Waals surface area contributed by atoms with Gasteiger partial charge in [-0.1, -0.05) is 44.2 Å². The molecule has 5 unspecified atom stereocenters. The van der Waals surface area contributed by atoms with Crippen LogP contribution in [0.2, 0.25) is 0 Å². The van der Waals surface area contributed by atoms with Gasteiger partial charge in [-0.25, -0.2) is 9.18 Å². The highest BCUT2D eigenvalue weighted by Crippen LogP contribution is 2.32. The molecule has 0 radical (unpaired) electrons. The van der Waals surface area contributed by atoms with E-state index in [-0.39, 0.29) is 25.7 Å². The number of ether oxygens (including phenoxy) is 2. The van der Waals surface area contributed by atoms with E-state index in [9.17, 15) is 19.1 Å². The summed E-state index contributed by atoms with van der Waals surface area (Å²) in [6.45, 7) is 3.79. The number of rotatable bonds is 6. The molecule has 2 amide bonds. The molecule has 2 heterocycles. The van der Waals surface area contributed by atoms with Crippen LogP contribution in [0.3, 0.4) is 0 Å². The van der Waals surface area contributed by atoms with Crippen LogP contribution in [0.4, 0.5) is 9.18 Å². The molecule has 1 aromatic rings. The number of likely N-dealkylation sites (tertiary alicyclic amines) is 1. The number of hydrogen-bond acceptors (Lipinski definition) is 5. The van der Waals surface area contributed by atoms with E-state index in [2.05, 4.69) is 5.32 Å². The quantitative estimate of drug-likeness (QED) is 0.766. The first-order valence-electron chi connectivity index (χ1n) is 9.58. The second-order valence-corrected chi connectivity index (χ2v) is 7.75. The van der Waals surface area contributed by atoms with Crippen molar-refractivity contribution in [1.82, 2.24) is 10.2 Å². The topological polar surface area (TPSA) is 88.1 Å². The van der Waals surface area contributed by atoms with Crippen LogP contribution >= 0.6 is 0 Å². The number of aliphatic hydroxyl groups is 1. The number of carbonyl (C=O) groups is 2. The van der Waals surface area contributed by atoms with Crippen molar-refractivity contribution in [3.63, 3.8) is 0 Å². The molecular weight excluding hydrogens is 367 g/mol. The standard InChI is InChI=1S/C20H27FN2O5/c1-12(2)8-15(22-20(26)28-10-13-6-4-3-5-7-13)19(25)23-9-14(21)18-17(23)16(24)11-27-18/h3-7,12,14-18,24H,8-11H2,1-2H3,(H,22,26). The smallest absolute Gasteiger partial charge is 0.408 e. The van der Waals surface area contributed by atoms with Crippen molar-refractivity contribution in [1.29, 1.82) is 0 Å². The first-order valence-corrected chi connectivity index (χ1v) is 9.58. The van der Waals surface area contributed by atoms with Gasteiger partial charge in [-0.3, -0.25) is 4.79 Å². The Morgan fingerprint density at radius 3 is 2.75 bits per heavy atom.